The number of rotatable bonds is 4. The maximum absolute atomic E-state index is 13.9. The maximum Gasteiger partial charge on any atom is 0.255 e. The molecule has 2 aromatic rings. The van der Waals surface area contributed by atoms with E-state index in [9.17, 15) is 17.6 Å². The average Bonchev–Trinajstić information content (AvgIpc) is 3.14. The summed E-state index contributed by atoms with van der Waals surface area (Å²) in [4.78, 5) is 12.4. The first kappa shape index (κ1) is 17.8. The van der Waals surface area contributed by atoms with Crippen molar-refractivity contribution >= 4 is 33.2 Å². The predicted molar refractivity (Wildman–Crippen MR) is 93.8 cm³/mol. The largest absolute Gasteiger partial charge is 0.319 e. The molecule has 3 rings (SSSR count). The lowest BCUT2D eigenvalue weighted by Gasteiger charge is -2.16. The number of amides is 1. The minimum Gasteiger partial charge on any atom is -0.319 e. The first-order valence-corrected chi connectivity index (χ1v) is 9.57. The summed E-state index contributed by atoms with van der Waals surface area (Å²) in [6.45, 7) is 0.957. The van der Waals surface area contributed by atoms with Crippen LogP contribution in [0.5, 0.6) is 0 Å². The summed E-state index contributed by atoms with van der Waals surface area (Å²) in [7, 11) is -3.62. The molecule has 0 atom stereocenters. The number of hydrogen-bond donors (Lipinski definition) is 1. The number of nitrogens with zero attached hydrogens (tertiary/aromatic N) is 1. The number of nitrogens with one attached hydrogen (secondary N) is 1. The Bertz CT molecular complexity index is 912. The maximum atomic E-state index is 13.9. The van der Waals surface area contributed by atoms with Crippen LogP contribution in [-0.4, -0.2) is 31.7 Å². The Morgan fingerprint density at radius 1 is 1.12 bits per heavy atom. The van der Waals surface area contributed by atoms with Crippen LogP contribution in [0.15, 0.2) is 47.4 Å². The molecule has 0 aliphatic carbocycles. The standard InChI is InChI=1S/C17H16ClFN2O3S/c18-14-7-4-8-15(16(14)19)20-17(22)12-5-3-6-13(11-12)25(23,24)21-9-1-2-10-21/h3-8,11H,1-2,9-10H2,(H,20,22). The zero-order valence-corrected chi connectivity index (χ0v) is 14.8. The summed E-state index contributed by atoms with van der Waals surface area (Å²) in [5.41, 5.74) is 0.0601. The molecule has 0 aromatic heterocycles. The third-order valence-corrected chi connectivity index (χ3v) is 6.19. The Labute approximate surface area is 150 Å². The van der Waals surface area contributed by atoms with Gasteiger partial charge in [-0.15, -0.1) is 0 Å². The predicted octanol–water partition coefficient (Wildman–Crippen LogP) is 3.52. The zero-order valence-electron chi connectivity index (χ0n) is 13.2. The van der Waals surface area contributed by atoms with E-state index < -0.39 is 21.7 Å². The van der Waals surface area contributed by atoms with Gasteiger partial charge in [0.15, 0.2) is 5.82 Å². The van der Waals surface area contributed by atoms with Crippen LogP contribution in [0.2, 0.25) is 5.02 Å². The second kappa shape index (κ2) is 7.11. The van der Waals surface area contributed by atoms with Crippen LogP contribution in [0.1, 0.15) is 23.2 Å². The summed E-state index contributed by atoms with van der Waals surface area (Å²) in [5, 5.41) is 2.30. The van der Waals surface area contributed by atoms with Gasteiger partial charge in [0, 0.05) is 18.7 Å². The smallest absolute Gasteiger partial charge is 0.255 e. The highest BCUT2D eigenvalue weighted by Gasteiger charge is 2.27. The van der Waals surface area contributed by atoms with Gasteiger partial charge in [0.25, 0.3) is 5.91 Å². The van der Waals surface area contributed by atoms with Crippen LogP contribution in [0.25, 0.3) is 0 Å². The molecule has 8 heteroatoms. The Balaban J connectivity index is 1.86. The normalized spacial score (nSPS) is 15.3. The summed E-state index contributed by atoms with van der Waals surface area (Å²) in [6.07, 6.45) is 1.65. The van der Waals surface area contributed by atoms with E-state index in [4.69, 9.17) is 11.6 Å². The second-order valence-electron chi connectivity index (χ2n) is 5.69. The molecule has 1 N–H and O–H groups in total. The molecule has 1 aliphatic rings. The molecule has 132 valence electrons. The van der Waals surface area contributed by atoms with Gasteiger partial charge in [-0.2, -0.15) is 4.31 Å². The molecule has 1 fully saturated rings. The van der Waals surface area contributed by atoms with Crippen LogP contribution < -0.4 is 5.32 Å². The lowest BCUT2D eigenvalue weighted by Crippen LogP contribution is -2.28. The van der Waals surface area contributed by atoms with Crippen molar-refractivity contribution in [3.05, 3.63) is 58.9 Å². The van der Waals surface area contributed by atoms with Crippen molar-refractivity contribution in [2.75, 3.05) is 18.4 Å². The molecular formula is C17H16ClFN2O3S. The SMILES string of the molecule is O=C(Nc1cccc(Cl)c1F)c1cccc(S(=O)(=O)N2CCCC2)c1. The molecule has 1 amide bonds. The van der Waals surface area contributed by atoms with Crippen molar-refractivity contribution in [2.45, 2.75) is 17.7 Å². The lowest BCUT2D eigenvalue weighted by atomic mass is 10.2. The molecule has 25 heavy (non-hydrogen) atoms. The van der Waals surface area contributed by atoms with E-state index >= 15 is 0 Å². The molecule has 0 spiro atoms. The number of carbonyl (C=O) groups excluding carboxylic acids is 1. The van der Waals surface area contributed by atoms with Crippen molar-refractivity contribution in [3.63, 3.8) is 0 Å². The first-order chi connectivity index (χ1) is 11.9. The molecule has 5 nitrogen and oxygen atoms in total. The van der Waals surface area contributed by atoms with E-state index in [1.165, 1.54) is 46.8 Å². The molecule has 0 unspecified atom stereocenters. The fourth-order valence-electron chi connectivity index (χ4n) is 2.67. The molecule has 0 saturated carbocycles. The monoisotopic (exact) mass is 382 g/mol. The van der Waals surface area contributed by atoms with Crippen LogP contribution in [-0.2, 0) is 10.0 Å². The molecule has 1 heterocycles. The summed E-state index contributed by atoms with van der Waals surface area (Å²) >= 11 is 5.69. The fourth-order valence-corrected chi connectivity index (χ4v) is 4.41. The first-order valence-electron chi connectivity index (χ1n) is 7.75. The number of sulfonamides is 1. The summed E-state index contributed by atoms with van der Waals surface area (Å²) in [5.74, 6) is -1.35. The molecular weight excluding hydrogens is 367 g/mol. The van der Waals surface area contributed by atoms with Gasteiger partial charge in [-0.1, -0.05) is 23.7 Å². The van der Waals surface area contributed by atoms with Gasteiger partial charge < -0.3 is 5.32 Å². The van der Waals surface area contributed by atoms with Crippen molar-refractivity contribution in [3.8, 4) is 0 Å². The van der Waals surface area contributed by atoms with E-state index in [2.05, 4.69) is 5.32 Å². The number of halogens is 2. The van der Waals surface area contributed by atoms with E-state index in [0.29, 0.717) is 13.1 Å². The van der Waals surface area contributed by atoms with E-state index in [0.717, 1.165) is 12.8 Å². The fraction of sp³-hybridized carbons (Fsp3) is 0.235. The Morgan fingerprint density at radius 3 is 2.52 bits per heavy atom. The van der Waals surface area contributed by atoms with E-state index in [1.807, 2.05) is 0 Å². The number of benzene rings is 2. The van der Waals surface area contributed by atoms with Gasteiger partial charge in [0.1, 0.15) is 0 Å². The van der Waals surface area contributed by atoms with Gasteiger partial charge in [0.05, 0.1) is 15.6 Å². The van der Waals surface area contributed by atoms with Crippen molar-refractivity contribution in [2.24, 2.45) is 0 Å². The lowest BCUT2D eigenvalue weighted by molar-refractivity contribution is 0.102. The number of carbonyl (C=O) groups is 1. The number of anilines is 1. The summed E-state index contributed by atoms with van der Waals surface area (Å²) < 4.78 is 40.5. The Hall–Kier alpha value is -1.96. The van der Waals surface area contributed by atoms with Crippen molar-refractivity contribution in [1.29, 1.82) is 0 Å². The van der Waals surface area contributed by atoms with Crippen LogP contribution in [0, 0.1) is 5.82 Å². The minimum atomic E-state index is -3.62. The Kier molecular flexibility index (Phi) is 5.08. The van der Waals surface area contributed by atoms with E-state index in [1.54, 1.807) is 0 Å². The van der Waals surface area contributed by atoms with Crippen molar-refractivity contribution in [1.82, 2.24) is 4.31 Å². The molecule has 1 aliphatic heterocycles. The Morgan fingerprint density at radius 2 is 1.80 bits per heavy atom. The van der Waals surface area contributed by atoms with Gasteiger partial charge in [0.2, 0.25) is 10.0 Å². The zero-order chi connectivity index (χ0) is 18.0. The topological polar surface area (TPSA) is 66.5 Å². The highest BCUT2D eigenvalue weighted by molar-refractivity contribution is 7.89. The van der Waals surface area contributed by atoms with Crippen LogP contribution in [0.4, 0.5) is 10.1 Å². The third-order valence-electron chi connectivity index (χ3n) is 4.00. The van der Waals surface area contributed by atoms with Crippen LogP contribution in [0.3, 0.4) is 0 Å². The molecule has 0 bridgehead atoms. The summed E-state index contributed by atoms with van der Waals surface area (Å²) in [6, 6.07) is 9.97. The molecule has 1 saturated heterocycles. The molecule has 2 aromatic carbocycles. The highest BCUT2D eigenvalue weighted by atomic mass is 35.5. The average molecular weight is 383 g/mol. The van der Waals surface area contributed by atoms with Crippen molar-refractivity contribution < 1.29 is 17.6 Å². The van der Waals surface area contributed by atoms with Gasteiger partial charge in [-0.25, -0.2) is 12.8 Å². The van der Waals surface area contributed by atoms with E-state index in [-0.39, 0.29) is 21.2 Å². The van der Waals surface area contributed by atoms with Gasteiger partial charge in [-0.05, 0) is 43.2 Å². The second-order valence-corrected chi connectivity index (χ2v) is 8.04. The minimum absolute atomic E-state index is 0.0496. The third kappa shape index (κ3) is 3.68. The number of hydrogen-bond acceptors (Lipinski definition) is 3. The quantitative estimate of drug-likeness (QED) is 0.879. The highest BCUT2D eigenvalue weighted by Crippen LogP contribution is 2.24. The molecule has 0 radical (unpaired) electrons. The van der Waals surface area contributed by atoms with Crippen LogP contribution >= 0.6 is 11.6 Å². The van der Waals surface area contributed by atoms with Gasteiger partial charge >= 0.3 is 0 Å². The van der Waals surface area contributed by atoms with Gasteiger partial charge in [-0.3, -0.25) is 4.79 Å².